The maximum absolute atomic E-state index is 11.6. The lowest BCUT2D eigenvalue weighted by Crippen LogP contribution is -2.24. The predicted octanol–water partition coefficient (Wildman–Crippen LogP) is 0.402. The fraction of sp³-hybridized carbons (Fsp3) is 0.250. The Bertz CT molecular complexity index is 645. The van der Waals surface area contributed by atoms with Gasteiger partial charge in [0, 0.05) is 11.8 Å². The predicted molar refractivity (Wildman–Crippen MR) is 68.7 cm³/mol. The summed E-state index contributed by atoms with van der Waals surface area (Å²) >= 11 is 0. The van der Waals surface area contributed by atoms with Gasteiger partial charge in [0.05, 0.1) is 0 Å². The molecule has 0 atom stereocenters. The first-order valence-corrected chi connectivity index (χ1v) is 7.16. The third kappa shape index (κ3) is 3.39. The molecular weight excluding hydrogens is 270 g/mol. The number of rotatable bonds is 4. The van der Waals surface area contributed by atoms with Gasteiger partial charge >= 0.3 is 0 Å². The van der Waals surface area contributed by atoms with Crippen molar-refractivity contribution in [1.29, 1.82) is 0 Å². The van der Waals surface area contributed by atoms with Gasteiger partial charge in [-0.15, -0.1) is 6.42 Å². The molecule has 1 aromatic rings. The van der Waals surface area contributed by atoms with E-state index in [0.29, 0.717) is 17.2 Å². The molecule has 2 rings (SSSR count). The quantitative estimate of drug-likeness (QED) is 0.808. The molecule has 100 valence electrons. The zero-order chi connectivity index (χ0) is 13.9. The highest BCUT2D eigenvalue weighted by Gasteiger charge is 2.17. The number of anilines is 1. The van der Waals surface area contributed by atoms with Crippen LogP contribution in [0, 0.1) is 12.3 Å². The van der Waals surface area contributed by atoms with Crippen molar-refractivity contribution in [1.82, 2.24) is 0 Å². The number of terminal acetylenes is 1. The number of hydrogen-bond acceptors (Lipinski definition) is 5. The van der Waals surface area contributed by atoms with Gasteiger partial charge in [-0.2, -0.15) is 0 Å². The Balaban J connectivity index is 2.02. The number of nitrogens with one attached hydrogen (secondary N) is 1. The molecule has 0 saturated carbocycles. The summed E-state index contributed by atoms with van der Waals surface area (Å²) in [5, 5.41) is 2.46. The van der Waals surface area contributed by atoms with Gasteiger partial charge in [-0.05, 0) is 12.1 Å². The molecule has 0 radical (unpaired) electrons. The lowest BCUT2D eigenvalue weighted by molar-refractivity contribution is -0.113. The number of benzene rings is 1. The molecule has 1 aliphatic heterocycles. The zero-order valence-electron chi connectivity index (χ0n) is 9.88. The van der Waals surface area contributed by atoms with E-state index in [-0.39, 0.29) is 6.79 Å². The first kappa shape index (κ1) is 13.2. The van der Waals surface area contributed by atoms with Crippen molar-refractivity contribution in [2.24, 2.45) is 0 Å². The van der Waals surface area contributed by atoms with Gasteiger partial charge in [-0.3, -0.25) is 4.79 Å². The van der Waals surface area contributed by atoms with E-state index in [1.807, 2.05) is 5.92 Å². The Labute approximate surface area is 110 Å². The van der Waals surface area contributed by atoms with Crippen LogP contribution in [0.1, 0.15) is 0 Å². The molecular formula is C12H11NO5S. The molecule has 1 heterocycles. The van der Waals surface area contributed by atoms with Gasteiger partial charge in [-0.25, -0.2) is 8.42 Å². The Hall–Kier alpha value is -2.20. The Morgan fingerprint density at radius 2 is 2.11 bits per heavy atom. The fourth-order valence-corrected chi connectivity index (χ4v) is 2.38. The van der Waals surface area contributed by atoms with Crippen LogP contribution in [0.5, 0.6) is 11.5 Å². The summed E-state index contributed by atoms with van der Waals surface area (Å²) in [4.78, 5) is 11.6. The van der Waals surface area contributed by atoms with Crippen LogP contribution in [0.15, 0.2) is 18.2 Å². The average molecular weight is 281 g/mol. The van der Waals surface area contributed by atoms with Crippen LogP contribution in [-0.4, -0.2) is 32.6 Å². The lowest BCUT2D eigenvalue weighted by atomic mass is 10.3. The molecule has 7 heteroatoms. The Kier molecular flexibility index (Phi) is 3.62. The molecule has 6 nitrogen and oxygen atoms in total. The summed E-state index contributed by atoms with van der Waals surface area (Å²) in [5.41, 5.74) is 0.435. The number of amides is 1. The van der Waals surface area contributed by atoms with E-state index in [1.54, 1.807) is 18.2 Å². The Morgan fingerprint density at radius 3 is 2.84 bits per heavy atom. The van der Waals surface area contributed by atoms with Crippen LogP contribution in [-0.2, 0) is 14.6 Å². The van der Waals surface area contributed by atoms with E-state index in [9.17, 15) is 13.2 Å². The maximum Gasteiger partial charge on any atom is 0.239 e. The molecule has 1 aromatic carbocycles. The molecule has 19 heavy (non-hydrogen) atoms. The summed E-state index contributed by atoms with van der Waals surface area (Å²) < 4.78 is 33.0. The van der Waals surface area contributed by atoms with Crippen LogP contribution in [0.4, 0.5) is 5.69 Å². The van der Waals surface area contributed by atoms with Crippen LogP contribution in [0.2, 0.25) is 0 Å². The number of fused-ring (bicyclic) bond motifs is 1. The topological polar surface area (TPSA) is 81.7 Å². The minimum Gasteiger partial charge on any atom is -0.454 e. The maximum atomic E-state index is 11.6. The highest BCUT2D eigenvalue weighted by atomic mass is 32.2. The summed E-state index contributed by atoms with van der Waals surface area (Å²) in [5.74, 6) is 1.34. The summed E-state index contributed by atoms with van der Waals surface area (Å²) in [6.07, 6.45) is 4.91. The number of carbonyl (C=O) groups excluding carboxylic acids is 1. The molecule has 0 spiro atoms. The summed E-state index contributed by atoms with van der Waals surface area (Å²) in [7, 11) is -3.57. The van der Waals surface area contributed by atoms with Gasteiger partial charge in [-0.1, -0.05) is 5.92 Å². The normalized spacial score (nSPS) is 12.8. The van der Waals surface area contributed by atoms with E-state index in [2.05, 4.69) is 5.32 Å². The van der Waals surface area contributed by atoms with E-state index < -0.39 is 27.3 Å². The van der Waals surface area contributed by atoms with Gasteiger partial charge in [0.25, 0.3) is 0 Å². The van der Waals surface area contributed by atoms with Gasteiger partial charge < -0.3 is 14.8 Å². The second-order valence-electron chi connectivity index (χ2n) is 3.85. The fourth-order valence-electron chi connectivity index (χ4n) is 1.55. The molecule has 0 bridgehead atoms. The van der Waals surface area contributed by atoms with Crippen molar-refractivity contribution >= 4 is 21.4 Å². The van der Waals surface area contributed by atoms with Crippen LogP contribution in [0.25, 0.3) is 0 Å². The first-order chi connectivity index (χ1) is 9.00. The highest BCUT2D eigenvalue weighted by Crippen LogP contribution is 2.34. The average Bonchev–Trinajstić information content (AvgIpc) is 2.74. The molecule has 0 aliphatic carbocycles. The number of sulfone groups is 1. The third-order valence-electron chi connectivity index (χ3n) is 2.31. The standard InChI is InChI=1S/C12H11NO5S/c1-2-5-19(15,16)7-12(14)13-9-3-4-10-11(6-9)18-8-17-10/h1,3-4,6H,5,7-8H2,(H,13,14). The molecule has 0 unspecified atom stereocenters. The van der Waals surface area contributed by atoms with E-state index >= 15 is 0 Å². The summed E-state index contributed by atoms with van der Waals surface area (Å²) in [6, 6.07) is 4.79. The second-order valence-corrected chi connectivity index (χ2v) is 5.92. The van der Waals surface area contributed by atoms with Crippen molar-refractivity contribution < 1.29 is 22.7 Å². The summed E-state index contributed by atoms with van der Waals surface area (Å²) in [6.45, 7) is 0.128. The highest BCUT2D eigenvalue weighted by molar-refractivity contribution is 7.92. The van der Waals surface area contributed by atoms with Gasteiger partial charge in [0.15, 0.2) is 21.3 Å². The number of hydrogen-bond donors (Lipinski definition) is 1. The van der Waals surface area contributed by atoms with E-state index in [0.717, 1.165) is 0 Å². The molecule has 1 amide bonds. The molecule has 0 saturated heterocycles. The van der Waals surface area contributed by atoms with Crippen molar-refractivity contribution in [2.45, 2.75) is 0 Å². The lowest BCUT2D eigenvalue weighted by Gasteiger charge is -2.05. The number of ether oxygens (including phenoxy) is 2. The molecule has 0 fully saturated rings. The van der Waals surface area contributed by atoms with E-state index in [4.69, 9.17) is 15.9 Å². The largest absolute Gasteiger partial charge is 0.454 e. The molecule has 1 aliphatic rings. The van der Waals surface area contributed by atoms with Crippen LogP contribution in [0.3, 0.4) is 0 Å². The molecule has 1 N–H and O–H groups in total. The van der Waals surface area contributed by atoms with Gasteiger partial charge in [0.2, 0.25) is 12.7 Å². The number of carbonyl (C=O) groups is 1. The Morgan fingerprint density at radius 1 is 1.37 bits per heavy atom. The van der Waals surface area contributed by atoms with E-state index in [1.165, 1.54) is 0 Å². The minimum atomic E-state index is -3.57. The second kappa shape index (κ2) is 5.20. The van der Waals surface area contributed by atoms with Crippen LogP contribution < -0.4 is 14.8 Å². The van der Waals surface area contributed by atoms with Crippen molar-refractivity contribution in [3.8, 4) is 23.8 Å². The van der Waals surface area contributed by atoms with Crippen molar-refractivity contribution in [3.05, 3.63) is 18.2 Å². The first-order valence-electron chi connectivity index (χ1n) is 5.33. The van der Waals surface area contributed by atoms with Crippen molar-refractivity contribution in [3.63, 3.8) is 0 Å². The SMILES string of the molecule is C#CCS(=O)(=O)CC(=O)Nc1ccc2c(c1)OCO2. The van der Waals surface area contributed by atoms with Crippen molar-refractivity contribution in [2.75, 3.05) is 23.6 Å². The minimum absolute atomic E-state index is 0.128. The third-order valence-corrected chi connectivity index (χ3v) is 3.62. The van der Waals surface area contributed by atoms with Gasteiger partial charge in [0.1, 0.15) is 11.5 Å². The van der Waals surface area contributed by atoms with Crippen LogP contribution >= 0.6 is 0 Å². The smallest absolute Gasteiger partial charge is 0.239 e. The zero-order valence-corrected chi connectivity index (χ0v) is 10.7. The monoisotopic (exact) mass is 281 g/mol. The molecule has 0 aromatic heterocycles.